The number of nitrogens with zero attached hydrogens (tertiary/aromatic N) is 2. The number of hydrogen-bond donors (Lipinski definition) is 1. The van der Waals surface area contributed by atoms with E-state index in [4.69, 9.17) is 9.15 Å². The van der Waals surface area contributed by atoms with Gasteiger partial charge in [0, 0.05) is 5.69 Å². The molecule has 1 saturated heterocycles. The highest BCUT2D eigenvalue weighted by molar-refractivity contribution is 6.14. The van der Waals surface area contributed by atoms with Gasteiger partial charge in [-0.25, -0.2) is 4.79 Å². The Balaban J connectivity index is 1.59. The summed E-state index contributed by atoms with van der Waals surface area (Å²) in [5, 5.41) is 10.1. The Morgan fingerprint density at radius 2 is 1.96 bits per heavy atom. The molecule has 1 aliphatic rings. The van der Waals surface area contributed by atoms with E-state index in [0.717, 1.165) is 10.5 Å². The Morgan fingerprint density at radius 3 is 2.62 bits per heavy atom. The first-order valence-electron chi connectivity index (χ1n) is 8.47. The molecule has 0 saturated carbocycles. The molecular weight excluding hydrogens is 336 g/mol. The predicted molar refractivity (Wildman–Crippen MR) is 94.6 cm³/mol. The van der Waals surface area contributed by atoms with Crippen molar-refractivity contribution in [3.8, 4) is 0 Å². The maximum atomic E-state index is 12.7. The minimum absolute atomic E-state index is 0.00330. The van der Waals surface area contributed by atoms with Crippen LogP contribution in [0.3, 0.4) is 0 Å². The van der Waals surface area contributed by atoms with Crippen LogP contribution in [-0.4, -0.2) is 47.2 Å². The number of aliphatic hydroxyl groups is 1. The fourth-order valence-electron chi connectivity index (χ4n) is 2.89. The van der Waals surface area contributed by atoms with Gasteiger partial charge in [-0.2, -0.15) is 0 Å². The fourth-order valence-corrected chi connectivity index (χ4v) is 2.89. The molecular formula is C19H22N2O5. The van der Waals surface area contributed by atoms with Gasteiger partial charge < -0.3 is 14.3 Å². The van der Waals surface area contributed by atoms with Gasteiger partial charge >= 0.3 is 6.03 Å². The zero-order valence-electron chi connectivity index (χ0n) is 14.8. The number of ether oxygens (including phenoxy) is 1. The van der Waals surface area contributed by atoms with Gasteiger partial charge in [0.25, 0.3) is 5.91 Å². The van der Waals surface area contributed by atoms with Crippen LogP contribution in [-0.2, 0) is 16.1 Å². The lowest BCUT2D eigenvalue weighted by atomic mass is 10.2. The molecule has 26 heavy (non-hydrogen) atoms. The molecule has 0 radical (unpaired) electrons. The summed E-state index contributed by atoms with van der Waals surface area (Å²) in [6, 6.07) is 9.86. The van der Waals surface area contributed by atoms with Crippen LogP contribution in [0.15, 0.2) is 47.1 Å². The normalized spacial score (nSPS) is 18.7. The summed E-state index contributed by atoms with van der Waals surface area (Å²) in [5.74, 6) is 0.311. The van der Waals surface area contributed by atoms with Crippen LogP contribution in [0.4, 0.5) is 10.5 Å². The molecule has 1 fully saturated rings. The van der Waals surface area contributed by atoms with Gasteiger partial charge in [-0.15, -0.1) is 0 Å². The van der Waals surface area contributed by atoms with E-state index < -0.39 is 18.2 Å². The standard InChI is InChI=1S/C19H22N2O5/c1-13-5-7-15(8-6-13)21-14(2)18(23)20(19(21)24)10-16(22)11-25-12-17-4-3-9-26-17/h3-9,14,16,22H,10-12H2,1-2H3/t14-,16+/m1/s1. The molecule has 2 atom stereocenters. The third-order valence-electron chi connectivity index (χ3n) is 4.29. The second-order valence-corrected chi connectivity index (χ2v) is 6.36. The van der Waals surface area contributed by atoms with Gasteiger partial charge in [-0.1, -0.05) is 17.7 Å². The van der Waals surface area contributed by atoms with E-state index in [-0.39, 0.29) is 25.7 Å². The largest absolute Gasteiger partial charge is 0.467 e. The lowest BCUT2D eigenvalue weighted by Gasteiger charge is -2.20. The van der Waals surface area contributed by atoms with E-state index in [9.17, 15) is 14.7 Å². The number of aliphatic hydroxyl groups excluding tert-OH is 1. The van der Waals surface area contributed by atoms with E-state index >= 15 is 0 Å². The number of anilines is 1. The number of urea groups is 1. The second kappa shape index (κ2) is 7.72. The molecule has 0 spiro atoms. The van der Waals surface area contributed by atoms with Crippen molar-refractivity contribution in [3.63, 3.8) is 0 Å². The van der Waals surface area contributed by atoms with Crippen LogP contribution in [0, 0.1) is 6.92 Å². The number of aryl methyl sites for hydroxylation is 1. The van der Waals surface area contributed by atoms with Crippen LogP contribution in [0.25, 0.3) is 0 Å². The van der Waals surface area contributed by atoms with Crippen molar-refractivity contribution in [3.05, 3.63) is 54.0 Å². The van der Waals surface area contributed by atoms with Gasteiger partial charge in [0.05, 0.1) is 25.5 Å². The minimum Gasteiger partial charge on any atom is -0.467 e. The highest BCUT2D eigenvalue weighted by Gasteiger charge is 2.43. The van der Waals surface area contributed by atoms with E-state index in [0.29, 0.717) is 11.4 Å². The topological polar surface area (TPSA) is 83.2 Å². The fraction of sp³-hybridized carbons (Fsp3) is 0.368. The van der Waals surface area contributed by atoms with Crippen molar-refractivity contribution < 1.29 is 23.8 Å². The number of carbonyl (C=O) groups excluding carboxylic acids is 2. The van der Waals surface area contributed by atoms with Gasteiger partial charge in [-0.05, 0) is 38.1 Å². The molecule has 1 aromatic heterocycles. The number of imide groups is 1. The van der Waals surface area contributed by atoms with Crippen LogP contribution in [0.2, 0.25) is 0 Å². The van der Waals surface area contributed by atoms with Gasteiger partial charge in [0.1, 0.15) is 18.4 Å². The third-order valence-corrected chi connectivity index (χ3v) is 4.29. The van der Waals surface area contributed by atoms with Gasteiger partial charge in [0.2, 0.25) is 0 Å². The number of furan rings is 1. The summed E-state index contributed by atoms with van der Waals surface area (Å²) in [6.07, 6.45) is 0.570. The van der Waals surface area contributed by atoms with Crippen molar-refractivity contribution in [1.82, 2.24) is 4.90 Å². The molecule has 3 rings (SSSR count). The molecule has 0 bridgehead atoms. The molecule has 2 heterocycles. The number of rotatable bonds is 7. The zero-order chi connectivity index (χ0) is 18.7. The van der Waals surface area contributed by atoms with Crippen molar-refractivity contribution >= 4 is 17.6 Å². The molecule has 1 N–H and O–H groups in total. The maximum Gasteiger partial charge on any atom is 0.332 e. The smallest absolute Gasteiger partial charge is 0.332 e. The van der Waals surface area contributed by atoms with Crippen LogP contribution in [0.1, 0.15) is 18.2 Å². The zero-order valence-corrected chi connectivity index (χ0v) is 14.8. The maximum absolute atomic E-state index is 12.7. The molecule has 138 valence electrons. The van der Waals surface area contributed by atoms with Crippen molar-refractivity contribution in [2.75, 3.05) is 18.1 Å². The first-order chi connectivity index (χ1) is 12.5. The predicted octanol–water partition coefficient (Wildman–Crippen LogP) is 2.32. The van der Waals surface area contributed by atoms with Crippen LogP contribution in [0.5, 0.6) is 0 Å². The Hall–Kier alpha value is -2.64. The number of hydrogen-bond acceptors (Lipinski definition) is 5. The summed E-state index contributed by atoms with van der Waals surface area (Å²) in [4.78, 5) is 27.6. The quantitative estimate of drug-likeness (QED) is 0.768. The second-order valence-electron chi connectivity index (χ2n) is 6.36. The number of carbonyl (C=O) groups is 2. The van der Waals surface area contributed by atoms with Gasteiger partial charge in [-0.3, -0.25) is 14.6 Å². The van der Waals surface area contributed by atoms with Crippen LogP contribution < -0.4 is 4.90 Å². The Bertz CT molecular complexity index is 757. The van der Waals surface area contributed by atoms with E-state index in [1.165, 1.54) is 11.2 Å². The number of β-amino-alcohol motifs (C(OH)–C–C–N with tert-alkyl or cyclic N) is 1. The molecule has 2 aromatic rings. The Morgan fingerprint density at radius 1 is 1.23 bits per heavy atom. The minimum atomic E-state index is -0.969. The van der Waals surface area contributed by atoms with Crippen molar-refractivity contribution in [1.29, 1.82) is 0 Å². The summed E-state index contributed by atoms with van der Waals surface area (Å²) in [5.41, 5.74) is 1.73. The lowest BCUT2D eigenvalue weighted by molar-refractivity contribution is -0.128. The summed E-state index contributed by atoms with van der Waals surface area (Å²) >= 11 is 0. The van der Waals surface area contributed by atoms with Crippen LogP contribution >= 0.6 is 0 Å². The number of benzene rings is 1. The summed E-state index contributed by atoms with van der Waals surface area (Å²) in [6.45, 7) is 3.74. The first kappa shape index (κ1) is 18.2. The Kier molecular flexibility index (Phi) is 5.39. The average Bonchev–Trinajstić information content (AvgIpc) is 3.20. The van der Waals surface area contributed by atoms with Crippen molar-refractivity contribution in [2.45, 2.75) is 32.6 Å². The Labute approximate surface area is 151 Å². The third kappa shape index (κ3) is 3.79. The number of amides is 3. The summed E-state index contributed by atoms with van der Waals surface area (Å²) < 4.78 is 10.5. The molecule has 0 unspecified atom stereocenters. The van der Waals surface area contributed by atoms with E-state index in [2.05, 4.69) is 0 Å². The molecule has 3 amide bonds. The molecule has 7 nitrogen and oxygen atoms in total. The molecule has 1 aliphatic heterocycles. The van der Waals surface area contributed by atoms with Gasteiger partial charge in [0.15, 0.2) is 0 Å². The highest BCUT2D eigenvalue weighted by atomic mass is 16.5. The molecule has 0 aliphatic carbocycles. The SMILES string of the molecule is Cc1ccc(N2C(=O)N(C[C@H](O)COCc3ccco3)C(=O)[C@H]2C)cc1. The lowest BCUT2D eigenvalue weighted by Crippen LogP contribution is -2.40. The average molecular weight is 358 g/mol. The van der Waals surface area contributed by atoms with E-state index in [1.54, 1.807) is 19.1 Å². The summed E-state index contributed by atoms with van der Waals surface area (Å²) in [7, 11) is 0. The monoisotopic (exact) mass is 358 g/mol. The van der Waals surface area contributed by atoms with Crippen molar-refractivity contribution in [2.24, 2.45) is 0 Å². The first-order valence-corrected chi connectivity index (χ1v) is 8.47. The molecule has 1 aromatic carbocycles. The highest BCUT2D eigenvalue weighted by Crippen LogP contribution is 2.26. The van der Waals surface area contributed by atoms with E-state index in [1.807, 2.05) is 31.2 Å². The molecule has 7 heteroatoms.